The summed E-state index contributed by atoms with van der Waals surface area (Å²) in [6.07, 6.45) is 0.632. The molecule has 0 unspecified atom stereocenters. The standard InChI is InChI=1S/C24H22N2O2S/c1-16-10-11-19(17(2)15-16)25-22-21(20-9-6-14-29-20)23(27)26(24(22)28)13-12-18-7-4-3-5-8-18/h3-11,14-15,25H,12-13H2,1-2H3. The van der Waals surface area contributed by atoms with Gasteiger partial charge < -0.3 is 5.32 Å². The quantitative estimate of drug-likeness (QED) is 0.603. The van der Waals surface area contributed by atoms with Gasteiger partial charge in [0.1, 0.15) is 5.70 Å². The number of anilines is 1. The molecule has 1 aromatic heterocycles. The number of carbonyl (C=O) groups excluding carboxylic acids is 2. The van der Waals surface area contributed by atoms with Gasteiger partial charge in [0.05, 0.1) is 5.57 Å². The number of carbonyl (C=O) groups is 2. The highest BCUT2D eigenvalue weighted by Crippen LogP contribution is 2.33. The molecule has 4 nitrogen and oxygen atoms in total. The number of nitrogens with zero attached hydrogens (tertiary/aromatic N) is 1. The van der Waals surface area contributed by atoms with E-state index in [0.717, 1.165) is 27.3 Å². The number of imide groups is 1. The zero-order chi connectivity index (χ0) is 20.4. The van der Waals surface area contributed by atoms with Crippen molar-refractivity contribution in [3.63, 3.8) is 0 Å². The first-order valence-corrected chi connectivity index (χ1v) is 10.4. The molecule has 0 radical (unpaired) electrons. The molecule has 4 rings (SSSR count). The average molecular weight is 403 g/mol. The highest BCUT2D eigenvalue weighted by Gasteiger charge is 2.39. The fraction of sp³-hybridized carbons (Fsp3) is 0.167. The summed E-state index contributed by atoms with van der Waals surface area (Å²) in [6.45, 7) is 4.38. The number of aryl methyl sites for hydroxylation is 2. The Balaban J connectivity index is 1.65. The van der Waals surface area contributed by atoms with Crippen LogP contribution in [0.1, 0.15) is 21.6 Å². The van der Waals surface area contributed by atoms with Crippen molar-refractivity contribution in [1.29, 1.82) is 0 Å². The van der Waals surface area contributed by atoms with Crippen LogP contribution in [0, 0.1) is 13.8 Å². The maximum absolute atomic E-state index is 13.2. The molecule has 1 aliphatic heterocycles. The third-order valence-electron chi connectivity index (χ3n) is 5.04. The zero-order valence-electron chi connectivity index (χ0n) is 16.4. The summed E-state index contributed by atoms with van der Waals surface area (Å²) in [7, 11) is 0. The molecule has 0 bridgehead atoms. The SMILES string of the molecule is Cc1ccc(NC2=C(c3cccs3)C(=O)N(CCc3ccccc3)C2=O)c(C)c1. The predicted octanol–water partition coefficient (Wildman–Crippen LogP) is 4.80. The zero-order valence-corrected chi connectivity index (χ0v) is 17.3. The van der Waals surface area contributed by atoms with E-state index in [2.05, 4.69) is 11.4 Å². The molecule has 1 aliphatic rings. The van der Waals surface area contributed by atoms with Crippen LogP contribution in [0.2, 0.25) is 0 Å². The number of amides is 2. The molecule has 29 heavy (non-hydrogen) atoms. The minimum absolute atomic E-state index is 0.236. The maximum atomic E-state index is 13.2. The Bertz CT molecular complexity index is 1090. The third kappa shape index (κ3) is 3.87. The first kappa shape index (κ1) is 19.2. The van der Waals surface area contributed by atoms with E-state index in [1.807, 2.05) is 73.8 Å². The lowest BCUT2D eigenvalue weighted by molar-refractivity contribution is -0.136. The lowest BCUT2D eigenvalue weighted by Gasteiger charge is -2.16. The minimum Gasteiger partial charge on any atom is -0.350 e. The molecule has 1 N–H and O–H groups in total. The fourth-order valence-corrected chi connectivity index (χ4v) is 4.29. The van der Waals surface area contributed by atoms with Crippen LogP contribution in [-0.4, -0.2) is 23.3 Å². The van der Waals surface area contributed by atoms with Crippen LogP contribution in [0.3, 0.4) is 0 Å². The summed E-state index contributed by atoms with van der Waals surface area (Å²) in [5.41, 5.74) is 4.94. The van der Waals surface area contributed by atoms with Gasteiger partial charge in [-0.1, -0.05) is 54.1 Å². The molecule has 2 amide bonds. The largest absolute Gasteiger partial charge is 0.350 e. The summed E-state index contributed by atoms with van der Waals surface area (Å²) in [5.74, 6) is -0.505. The molecule has 3 aromatic rings. The van der Waals surface area contributed by atoms with E-state index in [9.17, 15) is 9.59 Å². The van der Waals surface area contributed by atoms with Crippen LogP contribution >= 0.6 is 11.3 Å². The van der Waals surface area contributed by atoms with Gasteiger partial charge in [0, 0.05) is 17.1 Å². The van der Waals surface area contributed by atoms with Crippen molar-refractivity contribution in [2.75, 3.05) is 11.9 Å². The number of benzene rings is 2. The van der Waals surface area contributed by atoms with Crippen LogP contribution in [0.15, 0.2) is 71.7 Å². The van der Waals surface area contributed by atoms with Gasteiger partial charge in [0.2, 0.25) is 0 Å². The molecular weight excluding hydrogens is 380 g/mol. The van der Waals surface area contributed by atoms with E-state index in [0.29, 0.717) is 24.2 Å². The lowest BCUT2D eigenvalue weighted by Crippen LogP contribution is -2.34. The highest BCUT2D eigenvalue weighted by molar-refractivity contribution is 7.11. The maximum Gasteiger partial charge on any atom is 0.278 e. The van der Waals surface area contributed by atoms with Gasteiger partial charge in [-0.15, -0.1) is 11.3 Å². The second-order valence-electron chi connectivity index (χ2n) is 7.17. The van der Waals surface area contributed by atoms with E-state index < -0.39 is 0 Å². The monoisotopic (exact) mass is 402 g/mol. The topological polar surface area (TPSA) is 49.4 Å². The summed E-state index contributed by atoms with van der Waals surface area (Å²) in [6, 6.07) is 19.7. The van der Waals surface area contributed by atoms with Crippen molar-refractivity contribution in [3.05, 3.63) is 93.3 Å². The molecule has 0 spiro atoms. The van der Waals surface area contributed by atoms with E-state index in [-0.39, 0.29) is 11.8 Å². The lowest BCUT2D eigenvalue weighted by atomic mass is 10.1. The summed E-state index contributed by atoms with van der Waals surface area (Å²) in [4.78, 5) is 28.6. The van der Waals surface area contributed by atoms with Gasteiger partial charge in [0.25, 0.3) is 11.8 Å². The van der Waals surface area contributed by atoms with Crippen molar-refractivity contribution < 1.29 is 9.59 Å². The Morgan fingerprint density at radius 3 is 2.41 bits per heavy atom. The van der Waals surface area contributed by atoms with Crippen molar-refractivity contribution in [3.8, 4) is 0 Å². The first-order valence-electron chi connectivity index (χ1n) is 9.57. The van der Waals surface area contributed by atoms with Crippen LogP contribution in [0.5, 0.6) is 0 Å². The van der Waals surface area contributed by atoms with Gasteiger partial charge in [0.15, 0.2) is 0 Å². The van der Waals surface area contributed by atoms with Crippen LogP contribution < -0.4 is 5.32 Å². The van der Waals surface area contributed by atoms with Crippen molar-refractivity contribution in [2.45, 2.75) is 20.3 Å². The molecule has 146 valence electrons. The molecule has 0 saturated heterocycles. The smallest absolute Gasteiger partial charge is 0.278 e. The number of hydrogen-bond donors (Lipinski definition) is 1. The second-order valence-corrected chi connectivity index (χ2v) is 8.12. The Labute approximate surface area is 174 Å². The van der Waals surface area contributed by atoms with Crippen molar-refractivity contribution in [2.24, 2.45) is 0 Å². The predicted molar refractivity (Wildman–Crippen MR) is 118 cm³/mol. The van der Waals surface area contributed by atoms with E-state index in [4.69, 9.17) is 0 Å². The van der Waals surface area contributed by atoms with Crippen LogP contribution in [0.25, 0.3) is 5.57 Å². The molecule has 5 heteroatoms. The molecular formula is C24H22N2O2S. The number of thiophene rings is 1. The number of hydrogen-bond acceptors (Lipinski definition) is 4. The number of nitrogens with one attached hydrogen (secondary N) is 1. The average Bonchev–Trinajstić information content (AvgIpc) is 3.31. The van der Waals surface area contributed by atoms with E-state index in [1.54, 1.807) is 0 Å². The van der Waals surface area contributed by atoms with Crippen LogP contribution in [0.4, 0.5) is 5.69 Å². The molecule has 2 heterocycles. The summed E-state index contributed by atoms with van der Waals surface area (Å²) < 4.78 is 0. The third-order valence-corrected chi connectivity index (χ3v) is 5.93. The molecule has 0 atom stereocenters. The normalized spacial score (nSPS) is 14.1. The molecule has 0 aliphatic carbocycles. The minimum atomic E-state index is -0.269. The molecule has 0 saturated carbocycles. The Morgan fingerprint density at radius 2 is 1.72 bits per heavy atom. The highest BCUT2D eigenvalue weighted by atomic mass is 32.1. The Kier molecular flexibility index (Phi) is 5.32. The Hall–Kier alpha value is -3.18. The van der Waals surface area contributed by atoms with Gasteiger partial charge in [-0.05, 0) is 48.9 Å². The summed E-state index contributed by atoms with van der Waals surface area (Å²) in [5, 5.41) is 5.18. The van der Waals surface area contributed by atoms with Gasteiger partial charge in [-0.3, -0.25) is 14.5 Å². The van der Waals surface area contributed by atoms with Gasteiger partial charge in [-0.25, -0.2) is 0 Å². The van der Waals surface area contributed by atoms with Gasteiger partial charge in [-0.2, -0.15) is 0 Å². The van der Waals surface area contributed by atoms with E-state index in [1.165, 1.54) is 16.2 Å². The number of rotatable bonds is 6. The van der Waals surface area contributed by atoms with Crippen LogP contribution in [-0.2, 0) is 16.0 Å². The first-order chi connectivity index (χ1) is 14.0. The van der Waals surface area contributed by atoms with E-state index >= 15 is 0 Å². The van der Waals surface area contributed by atoms with Gasteiger partial charge >= 0.3 is 0 Å². The fourth-order valence-electron chi connectivity index (χ4n) is 3.52. The molecule has 2 aromatic carbocycles. The summed E-state index contributed by atoms with van der Waals surface area (Å²) >= 11 is 1.47. The van der Waals surface area contributed by atoms with Crippen molar-refractivity contribution in [1.82, 2.24) is 4.90 Å². The Morgan fingerprint density at radius 1 is 0.931 bits per heavy atom. The second kappa shape index (κ2) is 8.05. The van der Waals surface area contributed by atoms with Crippen molar-refractivity contribution >= 4 is 34.4 Å². The molecule has 0 fully saturated rings.